The highest BCUT2D eigenvalue weighted by Crippen LogP contribution is 2.23. The van der Waals surface area contributed by atoms with Gasteiger partial charge in [0, 0.05) is 24.0 Å². The Morgan fingerprint density at radius 3 is 2.63 bits per heavy atom. The summed E-state index contributed by atoms with van der Waals surface area (Å²) in [5, 5.41) is 11.9. The molecule has 0 bridgehead atoms. The molecule has 0 spiro atoms. The summed E-state index contributed by atoms with van der Waals surface area (Å²) in [5.74, 6) is -0.525. The van der Waals surface area contributed by atoms with E-state index in [0.717, 1.165) is 0 Å². The van der Waals surface area contributed by atoms with Crippen molar-refractivity contribution >= 4 is 33.2 Å². The van der Waals surface area contributed by atoms with Crippen LogP contribution in [0.5, 0.6) is 0 Å². The van der Waals surface area contributed by atoms with Crippen LogP contribution in [0.25, 0.3) is 0 Å². The number of halogens is 1. The number of carbonyl (C=O) groups excluding carboxylic acids is 1. The lowest BCUT2D eigenvalue weighted by molar-refractivity contribution is -0.0523. The lowest BCUT2D eigenvalue weighted by atomic mass is 10.0. The molecule has 27 heavy (non-hydrogen) atoms. The normalized spacial score (nSPS) is 15.6. The highest BCUT2D eigenvalue weighted by atomic mass is 35.5. The lowest BCUT2D eigenvalue weighted by Gasteiger charge is -2.38. The average Bonchev–Trinajstić information content (AvgIpc) is 2.95. The first-order valence-electron chi connectivity index (χ1n) is 7.92. The third-order valence-corrected chi connectivity index (χ3v) is 5.85. The Bertz CT molecular complexity index is 1050. The standard InChI is InChI=1S/C17H17ClN4O4S/c1-17(9-26-10-17)21-27(24,25)14-6-15(22(2)8-14)16(23)20-13-4-11(7-19)3-12(18)5-13/h3-6,8,21H,9-10H2,1-2H3,(H,20,23). The molecule has 2 aromatic rings. The Labute approximate surface area is 161 Å². The minimum atomic E-state index is -3.80. The number of nitrogens with zero attached hydrogens (tertiary/aromatic N) is 2. The van der Waals surface area contributed by atoms with Crippen LogP contribution in [0.2, 0.25) is 5.02 Å². The van der Waals surface area contributed by atoms with E-state index in [9.17, 15) is 13.2 Å². The molecule has 1 fully saturated rings. The molecule has 8 nitrogen and oxygen atoms in total. The fourth-order valence-corrected chi connectivity index (χ4v) is 4.36. The second-order valence-electron chi connectivity index (χ2n) is 6.63. The molecule has 2 N–H and O–H groups in total. The van der Waals surface area contributed by atoms with Crippen LogP contribution < -0.4 is 10.0 Å². The van der Waals surface area contributed by atoms with Gasteiger partial charge in [-0.1, -0.05) is 11.6 Å². The van der Waals surface area contributed by atoms with E-state index in [0.29, 0.717) is 29.5 Å². The van der Waals surface area contributed by atoms with E-state index in [4.69, 9.17) is 21.6 Å². The number of aromatic nitrogens is 1. The molecule has 0 saturated carbocycles. The van der Waals surface area contributed by atoms with Crippen molar-refractivity contribution in [3.63, 3.8) is 0 Å². The molecular formula is C17H17ClN4O4S. The number of aryl methyl sites for hydroxylation is 1. The third kappa shape index (κ3) is 4.14. The number of anilines is 1. The largest absolute Gasteiger partial charge is 0.377 e. The zero-order chi connectivity index (χ0) is 19.8. The predicted molar refractivity (Wildman–Crippen MR) is 99.1 cm³/mol. The summed E-state index contributed by atoms with van der Waals surface area (Å²) in [6.45, 7) is 2.33. The highest BCUT2D eigenvalue weighted by molar-refractivity contribution is 7.89. The fraction of sp³-hybridized carbons (Fsp3) is 0.294. The minimum Gasteiger partial charge on any atom is -0.377 e. The molecule has 0 radical (unpaired) electrons. The van der Waals surface area contributed by atoms with Gasteiger partial charge in [-0.15, -0.1) is 0 Å². The molecule has 142 valence electrons. The average molecular weight is 409 g/mol. The molecular weight excluding hydrogens is 392 g/mol. The number of nitrogens with one attached hydrogen (secondary N) is 2. The number of hydrogen-bond donors (Lipinski definition) is 2. The van der Waals surface area contributed by atoms with Crippen LogP contribution in [0.4, 0.5) is 5.69 Å². The summed E-state index contributed by atoms with van der Waals surface area (Å²) >= 11 is 5.93. The van der Waals surface area contributed by atoms with E-state index >= 15 is 0 Å². The van der Waals surface area contributed by atoms with Crippen molar-refractivity contribution < 1.29 is 17.9 Å². The monoisotopic (exact) mass is 408 g/mol. The molecule has 10 heteroatoms. The number of benzene rings is 1. The number of hydrogen-bond acceptors (Lipinski definition) is 5. The zero-order valence-corrected chi connectivity index (χ0v) is 16.2. The molecule has 1 aromatic carbocycles. The maximum atomic E-state index is 12.6. The van der Waals surface area contributed by atoms with E-state index in [1.807, 2.05) is 6.07 Å². The Kier molecular flexibility index (Phi) is 5.01. The Morgan fingerprint density at radius 2 is 2.04 bits per heavy atom. The first-order chi connectivity index (χ1) is 12.6. The number of rotatable bonds is 5. The second-order valence-corrected chi connectivity index (χ2v) is 8.74. The van der Waals surface area contributed by atoms with Gasteiger partial charge in [0.2, 0.25) is 10.0 Å². The van der Waals surface area contributed by atoms with Crippen LogP contribution in [-0.4, -0.2) is 37.6 Å². The molecule has 0 unspecified atom stereocenters. The van der Waals surface area contributed by atoms with E-state index in [2.05, 4.69) is 10.0 Å². The maximum absolute atomic E-state index is 12.6. The summed E-state index contributed by atoms with van der Waals surface area (Å²) in [4.78, 5) is 12.5. The van der Waals surface area contributed by atoms with Gasteiger partial charge in [-0.05, 0) is 31.2 Å². The fourth-order valence-electron chi connectivity index (χ4n) is 2.68. The topological polar surface area (TPSA) is 113 Å². The third-order valence-electron chi connectivity index (χ3n) is 4.03. The van der Waals surface area contributed by atoms with Crippen molar-refractivity contribution in [2.24, 2.45) is 7.05 Å². The van der Waals surface area contributed by atoms with Gasteiger partial charge in [0.05, 0.1) is 30.4 Å². The summed E-state index contributed by atoms with van der Waals surface area (Å²) < 4.78 is 34.2. The quantitative estimate of drug-likeness (QED) is 0.784. The first kappa shape index (κ1) is 19.4. The van der Waals surface area contributed by atoms with E-state index in [1.165, 1.54) is 35.0 Å². The lowest BCUT2D eigenvalue weighted by Crippen LogP contribution is -2.59. The van der Waals surface area contributed by atoms with Crippen molar-refractivity contribution in [2.45, 2.75) is 17.4 Å². The Hall–Kier alpha value is -2.38. The molecule has 2 heterocycles. The highest BCUT2D eigenvalue weighted by Gasteiger charge is 2.38. The summed E-state index contributed by atoms with van der Waals surface area (Å²) in [7, 11) is -2.23. The molecule has 3 rings (SSSR count). The van der Waals surface area contributed by atoms with Crippen LogP contribution in [0.3, 0.4) is 0 Å². The van der Waals surface area contributed by atoms with Crippen LogP contribution in [-0.2, 0) is 21.8 Å². The maximum Gasteiger partial charge on any atom is 0.272 e. The van der Waals surface area contributed by atoms with Crippen molar-refractivity contribution in [3.05, 3.63) is 46.7 Å². The van der Waals surface area contributed by atoms with Crippen molar-refractivity contribution in [1.29, 1.82) is 5.26 Å². The van der Waals surface area contributed by atoms with E-state index < -0.39 is 21.5 Å². The molecule has 1 aromatic heterocycles. The van der Waals surface area contributed by atoms with Gasteiger partial charge < -0.3 is 14.6 Å². The Morgan fingerprint density at radius 1 is 1.33 bits per heavy atom. The van der Waals surface area contributed by atoms with Crippen molar-refractivity contribution in [2.75, 3.05) is 18.5 Å². The molecule has 1 aliphatic rings. The van der Waals surface area contributed by atoms with Gasteiger partial charge in [0.25, 0.3) is 5.91 Å². The number of sulfonamides is 1. The zero-order valence-electron chi connectivity index (χ0n) is 14.6. The number of carbonyl (C=O) groups is 1. The predicted octanol–water partition coefficient (Wildman–Crippen LogP) is 1.87. The van der Waals surface area contributed by atoms with Crippen LogP contribution >= 0.6 is 11.6 Å². The van der Waals surface area contributed by atoms with Gasteiger partial charge in [0.1, 0.15) is 10.6 Å². The Balaban J connectivity index is 1.83. The molecule has 1 aliphatic heterocycles. The SMILES string of the molecule is Cn1cc(S(=O)(=O)NC2(C)COC2)cc1C(=O)Nc1cc(Cl)cc(C#N)c1. The van der Waals surface area contributed by atoms with Crippen molar-refractivity contribution in [1.82, 2.24) is 9.29 Å². The molecule has 1 saturated heterocycles. The molecule has 0 aliphatic carbocycles. The second kappa shape index (κ2) is 6.98. The summed E-state index contributed by atoms with van der Waals surface area (Å²) in [5.41, 5.74) is 0.134. The molecule has 0 atom stereocenters. The van der Waals surface area contributed by atoms with Gasteiger partial charge in [-0.2, -0.15) is 5.26 Å². The first-order valence-corrected chi connectivity index (χ1v) is 9.78. The summed E-state index contributed by atoms with van der Waals surface area (Å²) in [6, 6.07) is 7.69. The van der Waals surface area contributed by atoms with Gasteiger partial charge in [-0.25, -0.2) is 13.1 Å². The minimum absolute atomic E-state index is 0.0212. The van der Waals surface area contributed by atoms with Crippen LogP contribution in [0.15, 0.2) is 35.4 Å². The smallest absolute Gasteiger partial charge is 0.272 e. The van der Waals surface area contributed by atoms with Crippen LogP contribution in [0.1, 0.15) is 23.0 Å². The number of nitriles is 1. The van der Waals surface area contributed by atoms with E-state index in [-0.39, 0.29) is 10.6 Å². The number of amides is 1. The number of ether oxygens (including phenoxy) is 1. The van der Waals surface area contributed by atoms with Gasteiger partial charge in [-0.3, -0.25) is 4.79 Å². The van der Waals surface area contributed by atoms with Gasteiger partial charge >= 0.3 is 0 Å². The van der Waals surface area contributed by atoms with Crippen molar-refractivity contribution in [3.8, 4) is 6.07 Å². The van der Waals surface area contributed by atoms with Crippen LogP contribution in [0, 0.1) is 11.3 Å². The van der Waals surface area contributed by atoms with Gasteiger partial charge in [0.15, 0.2) is 0 Å². The van der Waals surface area contributed by atoms with E-state index in [1.54, 1.807) is 14.0 Å². The summed E-state index contributed by atoms with van der Waals surface area (Å²) in [6.07, 6.45) is 1.36. The molecule has 1 amide bonds.